The lowest BCUT2D eigenvalue weighted by molar-refractivity contribution is -0.317. The SMILES string of the molecule is CO[C@H]1O[C@@H]2CO[C@@H](c3ccccc3)O[C@H]2[C@H](S(=O)(=O)c2ccccc2)[C@H]1NCC(C)C. The highest BCUT2D eigenvalue weighted by Crippen LogP contribution is 2.38. The van der Waals surface area contributed by atoms with Crippen molar-refractivity contribution in [3.05, 3.63) is 66.2 Å². The van der Waals surface area contributed by atoms with Gasteiger partial charge < -0.3 is 24.3 Å². The molecule has 6 atom stereocenters. The number of hydrogen-bond acceptors (Lipinski definition) is 7. The average molecular weight is 462 g/mol. The molecule has 0 amide bonds. The highest BCUT2D eigenvalue weighted by Gasteiger charge is 2.55. The maximum absolute atomic E-state index is 13.9. The number of methoxy groups -OCH3 is 1. The Morgan fingerprint density at radius 1 is 1.03 bits per heavy atom. The van der Waals surface area contributed by atoms with E-state index in [0.29, 0.717) is 12.5 Å². The summed E-state index contributed by atoms with van der Waals surface area (Å²) in [6, 6.07) is 17.4. The summed E-state index contributed by atoms with van der Waals surface area (Å²) < 4.78 is 51.8. The molecule has 2 aromatic carbocycles. The second-order valence-electron chi connectivity index (χ2n) is 8.61. The molecule has 2 aromatic rings. The minimum Gasteiger partial charge on any atom is -0.354 e. The Morgan fingerprint density at radius 3 is 2.31 bits per heavy atom. The minimum atomic E-state index is -3.78. The minimum absolute atomic E-state index is 0.210. The molecule has 0 saturated carbocycles. The molecular weight excluding hydrogens is 430 g/mol. The van der Waals surface area contributed by atoms with Crippen molar-refractivity contribution < 1.29 is 27.4 Å². The zero-order valence-corrected chi connectivity index (χ0v) is 19.4. The number of benzene rings is 2. The lowest BCUT2D eigenvalue weighted by Gasteiger charge is -2.49. The number of sulfone groups is 1. The Balaban J connectivity index is 1.73. The maximum atomic E-state index is 13.9. The van der Waals surface area contributed by atoms with E-state index in [0.717, 1.165) is 5.56 Å². The third-order valence-electron chi connectivity index (χ3n) is 5.83. The Morgan fingerprint density at radius 2 is 1.69 bits per heavy atom. The van der Waals surface area contributed by atoms with Crippen LogP contribution in [0.3, 0.4) is 0 Å². The van der Waals surface area contributed by atoms with Crippen LogP contribution in [-0.4, -0.2) is 58.5 Å². The van der Waals surface area contributed by atoms with Crippen LogP contribution < -0.4 is 5.32 Å². The van der Waals surface area contributed by atoms with Crippen molar-refractivity contribution in [3.63, 3.8) is 0 Å². The van der Waals surface area contributed by atoms with E-state index in [9.17, 15) is 8.42 Å². The molecule has 0 unspecified atom stereocenters. The molecule has 0 spiro atoms. The van der Waals surface area contributed by atoms with Gasteiger partial charge in [0.2, 0.25) is 0 Å². The van der Waals surface area contributed by atoms with Crippen LogP contribution in [0, 0.1) is 5.92 Å². The standard InChI is InChI=1S/C24H31NO6S/c1-16(2)14-25-20-22(32(26,27)18-12-8-5-9-13-18)21-19(30-24(20)28-3)15-29-23(31-21)17-10-6-4-7-11-17/h4-13,16,19-25H,14-15H2,1-3H3/t19-,20-,21-,22-,23-,24+/m1/s1. The summed E-state index contributed by atoms with van der Waals surface area (Å²) in [5, 5.41) is 2.47. The van der Waals surface area contributed by atoms with Crippen molar-refractivity contribution in [1.29, 1.82) is 0 Å². The third-order valence-corrected chi connectivity index (χ3v) is 8.04. The highest BCUT2D eigenvalue weighted by atomic mass is 32.2. The molecule has 1 N–H and O–H groups in total. The molecule has 4 rings (SSSR count). The van der Waals surface area contributed by atoms with Gasteiger partial charge in [0.1, 0.15) is 17.5 Å². The normalized spacial score (nSPS) is 30.8. The molecule has 7 nitrogen and oxygen atoms in total. The van der Waals surface area contributed by atoms with Crippen molar-refractivity contribution in [2.24, 2.45) is 5.92 Å². The molecule has 2 fully saturated rings. The summed E-state index contributed by atoms with van der Waals surface area (Å²) in [6.45, 7) is 4.96. The van der Waals surface area contributed by atoms with Crippen molar-refractivity contribution >= 4 is 9.84 Å². The molecular formula is C24H31NO6S. The molecule has 2 heterocycles. The number of ether oxygens (including phenoxy) is 4. The molecule has 0 aromatic heterocycles. The van der Waals surface area contributed by atoms with Crippen LogP contribution in [-0.2, 0) is 28.8 Å². The zero-order valence-electron chi connectivity index (χ0n) is 18.6. The van der Waals surface area contributed by atoms with Crippen LogP contribution in [0.4, 0.5) is 0 Å². The molecule has 32 heavy (non-hydrogen) atoms. The van der Waals surface area contributed by atoms with Crippen molar-refractivity contribution in [3.8, 4) is 0 Å². The van der Waals surface area contributed by atoms with Gasteiger partial charge in [-0.15, -0.1) is 0 Å². The summed E-state index contributed by atoms with van der Waals surface area (Å²) in [4.78, 5) is 0.253. The van der Waals surface area contributed by atoms with E-state index in [1.54, 1.807) is 30.3 Å². The van der Waals surface area contributed by atoms with Gasteiger partial charge in [-0.25, -0.2) is 8.42 Å². The first-order valence-corrected chi connectivity index (χ1v) is 12.5. The second kappa shape index (κ2) is 9.99. The predicted octanol–water partition coefficient (Wildman–Crippen LogP) is 2.93. The zero-order chi connectivity index (χ0) is 22.7. The van der Waals surface area contributed by atoms with E-state index in [1.165, 1.54) is 7.11 Å². The Bertz CT molecular complexity index is 968. The Kier molecular flexibility index (Phi) is 7.29. The van der Waals surface area contributed by atoms with Crippen LogP contribution in [0.2, 0.25) is 0 Å². The van der Waals surface area contributed by atoms with Gasteiger partial charge in [-0.3, -0.25) is 0 Å². The number of rotatable bonds is 7. The summed E-state index contributed by atoms with van der Waals surface area (Å²) in [5.41, 5.74) is 0.836. The van der Waals surface area contributed by atoms with Gasteiger partial charge in [-0.05, 0) is 24.6 Å². The first-order chi connectivity index (χ1) is 15.4. The summed E-state index contributed by atoms with van der Waals surface area (Å²) in [7, 11) is -2.25. The summed E-state index contributed by atoms with van der Waals surface area (Å²) in [6.07, 6.45) is -2.71. The first kappa shape index (κ1) is 23.4. The van der Waals surface area contributed by atoms with Gasteiger partial charge in [0.05, 0.1) is 17.5 Å². The van der Waals surface area contributed by atoms with Crippen molar-refractivity contribution in [1.82, 2.24) is 5.32 Å². The van der Waals surface area contributed by atoms with E-state index in [4.69, 9.17) is 18.9 Å². The molecule has 0 radical (unpaired) electrons. The molecule has 0 bridgehead atoms. The van der Waals surface area contributed by atoms with Gasteiger partial charge in [-0.1, -0.05) is 62.4 Å². The van der Waals surface area contributed by atoms with E-state index in [2.05, 4.69) is 19.2 Å². The van der Waals surface area contributed by atoms with Crippen LogP contribution in [0.15, 0.2) is 65.6 Å². The highest BCUT2D eigenvalue weighted by molar-refractivity contribution is 7.92. The van der Waals surface area contributed by atoms with Crippen LogP contribution in [0.25, 0.3) is 0 Å². The van der Waals surface area contributed by atoms with E-state index < -0.39 is 45.9 Å². The van der Waals surface area contributed by atoms with Crippen LogP contribution >= 0.6 is 0 Å². The largest absolute Gasteiger partial charge is 0.354 e. The molecule has 2 aliphatic heterocycles. The fourth-order valence-corrected chi connectivity index (χ4v) is 6.33. The molecule has 0 aliphatic carbocycles. The smallest absolute Gasteiger partial charge is 0.185 e. The fourth-order valence-electron chi connectivity index (χ4n) is 4.28. The Labute approximate surface area is 189 Å². The van der Waals surface area contributed by atoms with Gasteiger partial charge >= 0.3 is 0 Å². The van der Waals surface area contributed by atoms with E-state index in [-0.39, 0.29) is 11.5 Å². The van der Waals surface area contributed by atoms with Gasteiger partial charge in [0, 0.05) is 12.7 Å². The Hall–Kier alpha value is -1.81. The van der Waals surface area contributed by atoms with Gasteiger partial charge in [0.15, 0.2) is 22.4 Å². The molecule has 2 aliphatic rings. The second-order valence-corrected chi connectivity index (χ2v) is 10.7. The number of hydrogen-bond donors (Lipinski definition) is 1. The van der Waals surface area contributed by atoms with E-state index >= 15 is 0 Å². The quantitative estimate of drug-likeness (QED) is 0.679. The molecule has 8 heteroatoms. The summed E-state index contributed by atoms with van der Waals surface area (Å²) in [5.74, 6) is 0.318. The predicted molar refractivity (Wildman–Crippen MR) is 120 cm³/mol. The van der Waals surface area contributed by atoms with Crippen molar-refractivity contribution in [2.75, 3.05) is 20.3 Å². The molecule has 174 valence electrons. The monoisotopic (exact) mass is 461 g/mol. The number of nitrogens with one attached hydrogen (secondary N) is 1. The maximum Gasteiger partial charge on any atom is 0.185 e. The third kappa shape index (κ3) is 4.76. The summed E-state index contributed by atoms with van der Waals surface area (Å²) >= 11 is 0. The fraction of sp³-hybridized carbons (Fsp3) is 0.500. The lowest BCUT2D eigenvalue weighted by Crippen LogP contribution is -2.68. The van der Waals surface area contributed by atoms with Crippen LogP contribution in [0.5, 0.6) is 0 Å². The lowest BCUT2D eigenvalue weighted by atomic mass is 9.98. The van der Waals surface area contributed by atoms with E-state index in [1.807, 2.05) is 30.3 Å². The van der Waals surface area contributed by atoms with Gasteiger partial charge in [0.25, 0.3) is 0 Å². The topological polar surface area (TPSA) is 83.1 Å². The van der Waals surface area contributed by atoms with Crippen molar-refractivity contribution in [2.45, 2.75) is 54.8 Å². The average Bonchev–Trinajstić information content (AvgIpc) is 2.82. The van der Waals surface area contributed by atoms with Gasteiger partial charge in [-0.2, -0.15) is 0 Å². The van der Waals surface area contributed by atoms with Crippen LogP contribution in [0.1, 0.15) is 25.7 Å². The number of fused-ring (bicyclic) bond motifs is 1. The first-order valence-electron chi connectivity index (χ1n) is 10.9. The molecule has 2 saturated heterocycles.